The molecule has 0 unspecified atom stereocenters. The van der Waals surface area contributed by atoms with E-state index in [-0.39, 0.29) is 5.91 Å². The molecule has 1 saturated carbocycles. The third-order valence-electron chi connectivity index (χ3n) is 3.89. The van der Waals surface area contributed by atoms with Crippen LogP contribution in [0.5, 0.6) is 0 Å². The van der Waals surface area contributed by atoms with Gasteiger partial charge in [0, 0.05) is 12.6 Å². The van der Waals surface area contributed by atoms with Gasteiger partial charge in [-0.15, -0.1) is 0 Å². The fraction of sp³-hybridized carbons (Fsp3) is 0.647. The number of hydrogen-bond acceptors (Lipinski definition) is 3. The topological polar surface area (TPSA) is 54.0 Å². The molecule has 0 atom stereocenters. The second kappa shape index (κ2) is 8.01. The van der Waals surface area contributed by atoms with Crippen molar-refractivity contribution in [2.75, 3.05) is 11.9 Å². The third kappa shape index (κ3) is 5.37. The molecule has 1 amide bonds. The Balaban J connectivity index is 1.87. The summed E-state index contributed by atoms with van der Waals surface area (Å²) >= 11 is 0. The van der Waals surface area contributed by atoms with Crippen LogP contribution in [0.3, 0.4) is 0 Å². The predicted octanol–water partition coefficient (Wildman–Crippen LogP) is 3.60. The van der Waals surface area contributed by atoms with Gasteiger partial charge in [-0.25, -0.2) is 4.98 Å². The summed E-state index contributed by atoms with van der Waals surface area (Å²) in [5.74, 6) is 0.356. The molecule has 116 valence electrons. The first-order chi connectivity index (χ1) is 10.1. The number of hydrogen-bond donors (Lipinski definition) is 2. The van der Waals surface area contributed by atoms with Gasteiger partial charge in [0.05, 0.1) is 11.9 Å². The van der Waals surface area contributed by atoms with Crippen molar-refractivity contribution in [3.05, 3.63) is 24.0 Å². The minimum atomic E-state index is -0.0929. The number of nitrogens with one attached hydrogen (secondary N) is 2. The van der Waals surface area contributed by atoms with E-state index in [9.17, 15) is 4.79 Å². The summed E-state index contributed by atoms with van der Waals surface area (Å²) in [6, 6.07) is 4.31. The molecule has 0 spiro atoms. The number of nitrogens with zero attached hydrogens (tertiary/aromatic N) is 1. The van der Waals surface area contributed by atoms with Gasteiger partial charge < -0.3 is 10.6 Å². The summed E-state index contributed by atoms with van der Waals surface area (Å²) < 4.78 is 0. The lowest BCUT2D eigenvalue weighted by Gasteiger charge is -2.17. The van der Waals surface area contributed by atoms with Gasteiger partial charge in [0.15, 0.2) is 0 Å². The van der Waals surface area contributed by atoms with Crippen LogP contribution in [0.4, 0.5) is 5.69 Å². The van der Waals surface area contributed by atoms with Crippen LogP contribution in [0.25, 0.3) is 0 Å². The molecule has 1 aromatic rings. The van der Waals surface area contributed by atoms with E-state index < -0.39 is 0 Å². The smallest absolute Gasteiger partial charge is 0.269 e. The van der Waals surface area contributed by atoms with E-state index in [0.29, 0.717) is 24.2 Å². The molecule has 0 saturated heterocycles. The van der Waals surface area contributed by atoms with Crippen molar-refractivity contribution >= 4 is 11.6 Å². The van der Waals surface area contributed by atoms with Crippen molar-refractivity contribution < 1.29 is 4.79 Å². The standard InChI is InChI=1S/C17H27N3O/c1-13(2)11-19-17(21)16-10-9-15(12-18-16)20-14-7-5-3-4-6-8-14/h9-10,12-14,20H,3-8,11H2,1-2H3,(H,19,21). The van der Waals surface area contributed by atoms with Gasteiger partial charge in [-0.1, -0.05) is 39.5 Å². The molecule has 4 nitrogen and oxygen atoms in total. The zero-order valence-corrected chi connectivity index (χ0v) is 13.2. The number of aromatic nitrogens is 1. The van der Waals surface area contributed by atoms with Gasteiger partial charge >= 0.3 is 0 Å². The maximum absolute atomic E-state index is 11.9. The quantitative estimate of drug-likeness (QED) is 0.814. The Morgan fingerprint density at radius 1 is 1.24 bits per heavy atom. The Labute approximate surface area is 127 Å². The molecule has 2 rings (SSSR count). The zero-order chi connectivity index (χ0) is 15.1. The molecule has 0 radical (unpaired) electrons. The molecule has 1 fully saturated rings. The Bertz CT molecular complexity index is 434. The molecular weight excluding hydrogens is 262 g/mol. The Kier molecular flexibility index (Phi) is 6.03. The molecule has 4 heteroatoms. The first-order valence-corrected chi connectivity index (χ1v) is 8.16. The van der Waals surface area contributed by atoms with Crippen molar-refractivity contribution in [3.8, 4) is 0 Å². The van der Waals surface area contributed by atoms with E-state index >= 15 is 0 Å². The summed E-state index contributed by atoms with van der Waals surface area (Å²) in [7, 11) is 0. The molecule has 1 aromatic heterocycles. The van der Waals surface area contributed by atoms with Gasteiger partial charge in [0.2, 0.25) is 0 Å². The lowest BCUT2D eigenvalue weighted by atomic mass is 10.1. The van der Waals surface area contributed by atoms with E-state index in [4.69, 9.17) is 0 Å². The molecule has 21 heavy (non-hydrogen) atoms. The molecule has 1 aliphatic rings. The van der Waals surface area contributed by atoms with Crippen molar-refractivity contribution in [1.82, 2.24) is 10.3 Å². The minimum absolute atomic E-state index is 0.0929. The van der Waals surface area contributed by atoms with Crippen molar-refractivity contribution in [1.29, 1.82) is 0 Å². The number of amides is 1. The van der Waals surface area contributed by atoms with Crippen molar-refractivity contribution in [2.45, 2.75) is 58.4 Å². The molecule has 0 aliphatic heterocycles. The number of anilines is 1. The normalized spacial score (nSPS) is 16.5. The summed E-state index contributed by atoms with van der Waals surface area (Å²) in [6.45, 7) is 4.84. The largest absolute Gasteiger partial charge is 0.381 e. The molecule has 1 heterocycles. The minimum Gasteiger partial charge on any atom is -0.381 e. The highest BCUT2D eigenvalue weighted by atomic mass is 16.1. The van der Waals surface area contributed by atoms with Gasteiger partial charge in [0.25, 0.3) is 5.91 Å². The van der Waals surface area contributed by atoms with Crippen LogP contribution >= 0.6 is 0 Å². The molecule has 0 bridgehead atoms. The second-order valence-electron chi connectivity index (χ2n) is 6.37. The SMILES string of the molecule is CC(C)CNC(=O)c1ccc(NC2CCCCCC2)cn1. The highest BCUT2D eigenvalue weighted by Crippen LogP contribution is 2.20. The van der Waals surface area contributed by atoms with E-state index in [1.807, 2.05) is 6.07 Å². The lowest BCUT2D eigenvalue weighted by molar-refractivity contribution is 0.0944. The highest BCUT2D eigenvalue weighted by Gasteiger charge is 2.12. The van der Waals surface area contributed by atoms with E-state index in [0.717, 1.165) is 5.69 Å². The number of carbonyl (C=O) groups is 1. The van der Waals surface area contributed by atoms with Gasteiger partial charge in [-0.05, 0) is 30.9 Å². The van der Waals surface area contributed by atoms with Crippen LogP contribution < -0.4 is 10.6 Å². The van der Waals surface area contributed by atoms with Crippen LogP contribution in [-0.2, 0) is 0 Å². The van der Waals surface area contributed by atoms with Crippen molar-refractivity contribution in [2.24, 2.45) is 5.92 Å². The van der Waals surface area contributed by atoms with Crippen LogP contribution in [0.1, 0.15) is 62.9 Å². The lowest BCUT2D eigenvalue weighted by Crippen LogP contribution is -2.28. The molecule has 2 N–H and O–H groups in total. The molecule has 0 aromatic carbocycles. The summed E-state index contributed by atoms with van der Waals surface area (Å²) in [6.07, 6.45) is 9.56. The third-order valence-corrected chi connectivity index (χ3v) is 3.89. The average molecular weight is 289 g/mol. The fourth-order valence-electron chi connectivity index (χ4n) is 2.66. The van der Waals surface area contributed by atoms with Gasteiger partial charge in [0.1, 0.15) is 5.69 Å². The van der Waals surface area contributed by atoms with E-state index in [1.54, 1.807) is 12.3 Å². The van der Waals surface area contributed by atoms with Gasteiger partial charge in [-0.2, -0.15) is 0 Å². The number of rotatable bonds is 5. The van der Waals surface area contributed by atoms with Crippen LogP contribution in [0, 0.1) is 5.92 Å². The van der Waals surface area contributed by atoms with Crippen LogP contribution in [0.2, 0.25) is 0 Å². The fourth-order valence-corrected chi connectivity index (χ4v) is 2.66. The van der Waals surface area contributed by atoms with Gasteiger partial charge in [-0.3, -0.25) is 4.79 Å². The first kappa shape index (κ1) is 15.8. The second-order valence-corrected chi connectivity index (χ2v) is 6.37. The highest BCUT2D eigenvalue weighted by molar-refractivity contribution is 5.92. The average Bonchev–Trinajstić information content (AvgIpc) is 2.74. The zero-order valence-electron chi connectivity index (χ0n) is 13.2. The molecular formula is C17H27N3O. The maximum Gasteiger partial charge on any atom is 0.269 e. The first-order valence-electron chi connectivity index (χ1n) is 8.16. The monoisotopic (exact) mass is 289 g/mol. The summed E-state index contributed by atoms with van der Waals surface area (Å²) in [4.78, 5) is 16.2. The molecule has 1 aliphatic carbocycles. The Morgan fingerprint density at radius 3 is 2.52 bits per heavy atom. The Hall–Kier alpha value is -1.58. The number of pyridine rings is 1. The van der Waals surface area contributed by atoms with E-state index in [1.165, 1.54) is 38.5 Å². The predicted molar refractivity (Wildman–Crippen MR) is 86.5 cm³/mol. The Morgan fingerprint density at radius 2 is 1.95 bits per heavy atom. The van der Waals surface area contributed by atoms with Crippen molar-refractivity contribution in [3.63, 3.8) is 0 Å². The summed E-state index contributed by atoms with van der Waals surface area (Å²) in [5.41, 5.74) is 1.50. The van der Waals surface area contributed by atoms with E-state index in [2.05, 4.69) is 29.5 Å². The maximum atomic E-state index is 11.9. The number of carbonyl (C=O) groups excluding carboxylic acids is 1. The van der Waals surface area contributed by atoms with Crippen LogP contribution in [-0.4, -0.2) is 23.5 Å². The van der Waals surface area contributed by atoms with Crippen LogP contribution in [0.15, 0.2) is 18.3 Å². The summed E-state index contributed by atoms with van der Waals surface area (Å²) in [5, 5.41) is 6.43.